The van der Waals surface area contributed by atoms with Crippen molar-refractivity contribution in [3.05, 3.63) is 96.6 Å². The zero-order valence-electron chi connectivity index (χ0n) is 15.8. The van der Waals surface area contributed by atoms with E-state index in [0.717, 1.165) is 22.8 Å². The molecule has 7 heteroatoms. The Labute approximate surface area is 170 Å². The number of H-pyrrole nitrogens is 1. The third-order valence-electron chi connectivity index (χ3n) is 4.86. The van der Waals surface area contributed by atoms with Crippen molar-refractivity contribution >= 4 is 11.0 Å². The topological polar surface area (TPSA) is 58.3 Å². The maximum absolute atomic E-state index is 14.1. The van der Waals surface area contributed by atoms with Crippen LogP contribution in [0.15, 0.2) is 79.4 Å². The van der Waals surface area contributed by atoms with Crippen LogP contribution in [0.25, 0.3) is 33.5 Å². The second-order valence-electron chi connectivity index (χ2n) is 6.89. The number of nitrogens with zero attached hydrogens (tertiary/aromatic N) is 4. The Morgan fingerprint density at radius 2 is 1.77 bits per heavy atom. The fourth-order valence-electron chi connectivity index (χ4n) is 3.39. The van der Waals surface area contributed by atoms with Gasteiger partial charge in [0.05, 0.1) is 5.56 Å². The monoisotopic (exact) mass is 400 g/mol. The van der Waals surface area contributed by atoms with Gasteiger partial charge in [-0.25, -0.2) is 13.8 Å². The first-order valence-corrected chi connectivity index (χ1v) is 9.36. The van der Waals surface area contributed by atoms with Gasteiger partial charge in [0.25, 0.3) is 0 Å². The Kier molecular flexibility index (Phi) is 4.48. The first kappa shape index (κ1) is 18.1. The van der Waals surface area contributed by atoms with Crippen molar-refractivity contribution in [2.75, 3.05) is 0 Å². The summed E-state index contributed by atoms with van der Waals surface area (Å²) < 4.78 is 29.4. The van der Waals surface area contributed by atoms with E-state index in [0.29, 0.717) is 17.6 Å². The highest BCUT2D eigenvalue weighted by molar-refractivity contribution is 5.77. The molecule has 0 bridgehead atoms. The summed E-state index contributed by atoms with van der Waals surface area (Å²) in [4.78, 5) is 11.5. The molecular weight excluding hydrogens is 384 g/mol. The summed E-state index contributed by atoms with van der Waals surface area (Å²) in [6.45, 7) is 0.553. The average Bonchev–Trinajstić information content (AvgIpc) is 3.19. The predicted molar refractivity (Wildman–Crippen MR) is 108 cm³/mol. The lowest BCUT2D eigenvalue weighted by atomic mass is 10.0. The van der Waals surface area contributed by atoms with Crippen molar-refractivity contribution < 1.29 is 13.5 Å². The number of halogens is 2. The minimum Gasteiger partial charge on any atom is -0.333 e. The number of fused-ring (bicyclic) bond motifs is 1. The third-order valence-corrected chi connectivity index (χ3v) is 4.86. The van der Waals surface area contributed by atoms with Crippen LogP contribution in [-0.4, -0.2) is 20.1 Å². The van der Waals surface area contributed by atoms with Crippen LogP contribution in [-0.2, 0) is 6.54 Å². The summed E-state index contributed by atoms with van der Waals surface area (Å²) in [5.41, 5.74) is 4.63. The molecule has 0 spiro atoms. The van der Waals surface area contributed by atoms with Gasteiger partial charge in [-0.15, -0.1) is 0 Å². The van der Waals surface area contributed by atoms with Crippen molar-refractivity contribution in [1.29, 1.82) is 0 Å². The van der Waals surface area contributed by atoms with Gasteiger partial charge in [-0.3, -0.25) is 4.98 Å². The molecular formula is C23H16F2N5+. The van der Waals surface area contributed by atoms with Crippen molar-refractivity contribution in [3.8, 4) is 22.5 Å². The van der Waals surface area contributed by atoms with Crippen molar-refractivity contribution in [1.82, 2.24) is 20.1 Å². The molecule has 5 aromatic rings. The first-order chi connectivity index (χ1) is 14.7. The van der Waals surface area contributed by atoms with Gasteiger partial charge in [0, 0.05) is 18.0 Å². The highest BCUT2D eigenvalue weighted by Crippen LogP contribution is 2.24. The number of hydrogen-bond acceptors (Lipinski definition) is 3. The summed E-state index contributed by atoms with van der Waals surface area (Å²) in [6, 6.07) is 16.1. The molecule has 0 fully saturated rings. The zero-order valence-corrected chi connectivity index (χ0v) is 15.8. The van der Waals surface area contributed by atoms with E-state index in [4.69, 9.17) is 0 Å². The quantitative estimate of drug-likeness (QED) is 0.458. The molecule has 0 saturated carbocycles. The number of aromatic amines is 1. The van der Waals surface area contributed by atoms with Crippen molar-refractivity contribution in [2.24, 2.45) is 0 Å². The second kappa shape index (κ2) is 7.44. The number of imidazole rings is 1. The summed E-state index contributed by atoms with van der Waals surface area (Å²) in [5, 5.41) is 4.41. The smallest absolute Gasteiger partial charge is 0.222 e. The molecule has 30 heavy (non-hydrogen) atoms. The Bertz CT molecular complexity index is 1350. The minimum atomic E-state index is -0.926. The lowest BCUT2D eigenvalue weighted by Crippen LogP contribution is -2.37. The van der Waals surface area contributed by atoms with Gasteiger partial charge in [-0.05, 0) is 46.6 Å². The normalized spacial score (nSPS) is 11.1. The summed E-state index contributed by atoms with van der Waals surface area (Å²) >= 11 is 0. The van der Waals surface area contributed by atoms with E-state index in [9.17, 15) is 8.78 Å². The molecule has 0 atom stereocenters. The second-order valence-corrected chi connectivity index (χ2v) is 6.89. The fraction of sp³-hybridized carbons (Fsp3) is 0.0435. The van der Waals surface area contributed by atoms with Crippen LogP contribution in [0.3, 0.4) is 0 Å². The number of benzene rings is 2. The van der Waals surface area contributed by atoms with Gasteiger partial charge in [-0.2, -0.15) is 0 Å². The lowest BCUT2D eigenvalue weighted by Gasteiger charge is -2.03. The summed E-state index contributed by atoms with van der Waals surface area (Å²) in [5.74, 6) is -1.57. The van der Waals surface area contributed by atoms with Gasteiger partial charge in [-0.1, -0.05) is 28.9 Å². The molecule has 0 saturated heterocycles. The molecule has 0 radical (unpaired) electrons. The number of hydrogen-bond donors (Lipinski definition) is 1. The van der Waals surface area contributed by atoms with Crippen LogP contribution >= 0.6 is 0 Å². The van der Waals surface area contributed by atoms with Crippen LogP contribution in [0.1, 0.15) is 5.56 Å². The number of aromatic nitrogens is 5. The Hall–Kier alpha value is -4.00. The molecule has 5 nitrogen and oxygen atoms in total. The summed E-state index contributed by atoms with van der Waals surface area (Å²) in [7, 11) is 0. The number of pyridine rings is 1. The molecule has 5 rings (SSSR count). The van der Waals surface area contributed by atoms with E-state index >= 15 is 0 Å². The third kappa shape index (κ3) is 3.41. The molecule has 0 aliphatic rings. The molecule has 3 heterocycles. The largest absolute Gasteiger partial charge is 0.333 e. The zero-order chi connectivity index (χ0) is 20.5. The van der Waals surface area contributed by atoms with E-state index in [-0.39, 0.29) is 11.4 Å². The maximum atomic E-state index is 14.1. The Morgan fingerprint density at radius 1 is 0.933 bits per heavy atom. The van der Waals surface area contributed by atoms with Crippen molar-refractivity contribution in [3.63, 3.8) is 0 Å². The highest BCUT2D eigenvalue weighted by atomic mass is 19.2. The van der Waals surface area contributed by atoms with Gasteiger partial charge in [0.15, 0.2) is 18.2 Å². The first-order valence-electron chi connectivity index (χ1n) is 9.36. The van der Waals surface area contributed by atoms with E-state index < -0.39 is 11.6 Å². The molecule has 0 unspecified atom stereocenters. The summed E-state index contributed by atoms with van der Waals surface area (Å²) in [6.07, 6.45) is 6.95. The standard InChI is InChI=1S/C23H15F2N5/c24-19-6-2-5-18(22(19)25)23-28-20-12-27-30(14-21(20)29-23)13-15-3-1-4-17(11-15)16-7-9-26-10-8-16/h1-12,14H,13H2/p+1. The van der Waals surface area contributed by atoms with E-state index in [2.05, 4.69) is 32.2 Å². The molecule has 1 N–H and O–H groups in total. The molecule has 0 aliphatic heterocycles. The van der Waals surface area contributed by atoms with Gasteiger partial charge in [0.2, 0.25) is 6.20 Å². The molecule has 0 amide bonds. The SMILES string of the molecule is Fc1cccc(-c2nc3cn[n+](Cc4cccc(-c5ccncc5)c4)cc3[nH]2)c1F. The Morgan fingerprint density at radius 3 is 2.63 bits per heavy atom. The van der Waals surface area contributed by atoms with Crippen LogP contribution in [0.4, 0.5) is 8.78 Å². The minimum absolute atomic E-state index is 0.0859. The van der Waals surface area contributed by atoms with E-state index in [1.165, 1.54) is 12.1 Å². The fourth-order valence-corrected chi connectivity index (χ4v) is 3.39. The van der Waals surface area contributed by atoms with Gasteiger partial charge in [0.1, 0.15) is 23.1 Å². The van der Waals surface area contributed by atoms with Gasteiger partial charge < -0.3 is 4.98 Å². The van der Waals surface area contributed by atoms with E-state index in [1.807, 2.05) is 30.5 Å². The maximum Gasteiger partial charge on any atom is 0.222 e. The average molecular weight is 400 g/mol. The highest BCUT2D eigenvalue weighted by Gasteiger charge is 2.16. The lowest BCUT2D eigenvalue weighted by molar-refractivity contribution is -0.745. The van der Waals surface area contributed by atoms with Gasteiger partial charge >= 0.3 is 0 Å². The predicted octanol–water partition coefficient (Wildman–Crippen LogP) is 4.30. The van der Waals surface area contributed by atoms with Crippen LogP contribution in [0, 0.1) is 11.6 Å². The number of rotatable bonds is 4. The van der Waals surface area contributed by atoms with E-state index in [1.54, 1.807) is 23.3 Å². The van der Waals surface area contributed by atoms with Crippen LogP contribution in [0.2, 0.25) is 0 Å². The molecule has 3 aromatic heterocycles. The molecule has 146 valence electrons. The Balaban J connectivity index is 1.46. The molecule has 2 aromatic carbocycles. The van der Waals surface area contributed by atoms with Crippen LogP contribution < -0.4 is 4.68 Å². The number of nitrogens with one attached hydrogen (secondary N) is 1. The molecule has 0 aliphatic carbocycles. The van der Waals surface area contributed by atoms with Crippen molar-refractivity contribution in [2.45, 2.75) is 6.54 Å². The van der Waals surface area contributed by atoms with Crippen LogP contribution in [0.5, 0.6) is 0 Å².